The summed E-state index contributed by atoms with van der Waals surface area (Å²) in [6, 6.07) is 2.70. The summed E-state index contributed by atoms with van der Waals surface area (Å²) in [6.45, 7) is 0. The van der Waals surface area contributed by atoms with Crippen LogP contribution in [0.3, 0.4) is 0 Å². The van der Waals surface area contributed by atoms with E-state index in [0.717, 1.165) is 0 Å². The lowest BCUT2D eigenvalue weighted by Crippen LogP contribution is -2.03. The average Bonchev–Trinajstić information content (AvgIpc) is 2.20. The van der Waals surface area contributed by atoms with Gasteiger partial charge in [0.2, 0.25) is 11.5 Å². The summed E-state index contributed by atoms with van der Waals surface area (Å²) >= 11 is 0. The van der Waals surface area contributed by atoms with E-state index in [9.17, 15) is 9.90 Å². The molecule has 0 amide bonds. The fourth-order valence-corrected chi connectivity index (χ4v) is 1.07. The third kappa shape index (κ3) is 2.22. The van der Waals surface area contributed by atoms with Crippen molar-refractivity contribution in [3.05, 3.63) is 12.1 Å². The number of carboxylic acid groups (broad SMARTS) is 1. The van der Waals surface area contributed by atoms with E-state index in [0.29, 0.717) is 0 Å². The number of hydrogen-bond acceptors (Lipinski definition) is 5. The molecule has 1 rings (SSSR count). The van der Waals surface area contributed by atoms with Crippen LogP contribution >= 0.6 is 0 Å². The number of phenols is 1. The second-order valence-corrected chi connectivity index (χ2v) is 2.52. The van der Waals surface area contributed by atoms with Gasteiger partial charge in [-0.05, 0) is 12.1 Å². The van der Waals surface area contributed by atoms with E-state index in [1.54, 1.807) is 0 Å². The Hall–Kier alpha value is -2.11. The Balaban J connectivity index is 3.16. The van der Waals surface area contributed by atoms with Gasteiger partial charge in [-0.3, -0.25) is 0 Å². The Kier molecular flexibility index (Phi) is 3.22. The van der Waals surface area contributed by atoms with Crippen molar-refractivity contribution in [1.82, 2.24) is 0 Å². The lowest BCUT2D eigenvalue weighted by molar-refractivity contribution is 0.142. The summed E-state index contributed by atoms with van der Waals surface area (Å²) in [6.07, 6.45) is -1.52. The van der Waals surface area contributed by atoms with Gasteiger partial charge in [0.15, 0.2) is 11.5 Å². The van der Waals surface area contributed by atoms with Crippen LogP contribution in [0.25, 0.3) is 0 Å². The minimum absolute atomic E-state index is 0.0243. The molecule has 0 atom stereocenters. The van der Waals surface area contributed by atoms with E-state index in [2.05, 4.69) is 4.74 Å². The van der Waals surface area contributed by atoms with Crippen LogP contribution in [0.4, 0.5) is 4.79 Å². The predicted octanol–water partition coefficient (Wildman–Crippen LogP) is 1.47. The first-order chi connectivity index (χ1) is 7.10. The van der Waals surface area contributed by atoms with Gasteiger partial charge >= 0.3 is 6.16 Å². The molecular formula is C9H10O6. The molecule has 0 spiro atoms. The Morgan fingerprint density at radius 3 is 2.27 bits per heavy atom. The van der Waals surface area contributed by atoms with Gasteiger partial charge in [-0.2, -0.15) is 0 Å². The first kappa shape index (κ1) is 11.0. The first-order valence-electron chi connectivity index (χ1n) is 3.95. The van der Waals surface area contributed by atoms with Gasteiger partial charge in [0.25, 0.3) is 0 Å². The molecule has 0 unspecified atom stereocenters. The van der Waals surface area contributed by atoms with E-state index in [-0.39, 0.29) is 17.2 Å². The molecule has 15 heavy (non-hydrogen) atoms. The molecule has 0 aliphatic heterocycles. The van der Waals surface area contributed by atoms with Gasteiger partial charge < -0.3 is 24.4 Å². The van der Waals surface area contributed by atoms with Crippen LogP contribution < -0.4 is 14.2 Å². The fourth-order valence-electron chi connectivity index (χ4n) is 1.07. The van der Waals surface area contributed by atoms with E-state index >= 15 is 0 Å². The third-order valence-electron chi connectivity index (χ3n) is 1.68. The van der Waals surface area contributed by atoms with Crippen LogP contribution in [0, 0.1) is 0 Å². The zero-order valence-electron chi connectivity index (χ0n) is 8.18. The molecule has 0 saturated carbocycles. The van der Waals surface area contributed by atoms with Crippen molar-refractivity contribution >= 4 is 6.16 Å². The highest BCUT2D eigenvalue weighted by Crippen LogP contribution is 2.42. The Morgan fingerprint density at radius 1 is 1.20 bits per heavy atom. The number of benzene rings is 1. The van der Waals surface area contributed by atoms with Gasteiger partial charge in [-0.25, -0.2) is 4.79 Å². The molecule has 6 heteroatoms. The average molecular weight is 214 g/mol. The number of hydrogen-bond donors (Lipinski definition) is 2. The number of methoxy groups -OCH3 is 2. The molecule has 0 heterocycles. The van der Waals surface area contributed by atoms with Crippen molar-refractivity contribution in [2.24, 2.45) is 0 Å². The molecule has 82 valence electrons. The highest BCUT2D eigenvalue weighted by molar-refractivity contribution is 5.66. The number of phenolic OH excluding ortho intramolecular Hbond substituents is 1. The first-order valence-corrected chi connectivity index (χ1v) is 3.95. The maximum atomic E-state index is 10.3. The molecule has 0 aromatic heterocycles. The predicted molar refractivity (Wildman–Crippen MR) is 49.9 cm³/mol. The van der Waals surface area contributed by atoms with E-state index < -0.39 is 11.9 Å². The van der Waals surface area contributed by atoms with Crippen LogP contribution in [0.1, 0.15) is 0 Å². The molecule has 0 fully saturated rings. The Labute approximate surface area is 85.6 Å². The van der Waals surface area contributed by atoms with Crippen LogP contribution in [0.15, 0.2) is 12.1 Å². The zero-order valence-corrected chi connectivity index (χ0v) is 8.18. The summed E-state index contributed by atoms with van der Waals surface area (Å²) in [4.78, 5) is 10.3. The quantitative estimate of drug-likeness (QED) is 0.585. The van der Waals surface area contributed by atoms with E-state index in [4.69, 9.17) is 14.6 Å². The van der Waals surface area contributed by atoms with Crippen molar-refractivity contribution < 1.29 is 29.2 Å². The number of aromatic hydroxyl groups is 1. The van der Waals surface area contributed by atoms with Gasteiger partial charge in [0, 0.05) is 0 Å². The molecule has 1 aromatic carbocycles. The maximum Gasteiger partial charge on any atom is 0.511 e. The normalized spacial score (nSPS) is 9.47. The molecule has 0 saturated heterocycles. The second-order valence-electron chi connectivity index (χ2n) is 2.52. The van der Waals surface area contributed by atoms with Gasteiger partial charge in [0.05, 0.1) is 14.2 Å². The fraction of sp³-hybridized carbons (Fsp3) is 0.222. The molecular weight excluding hydrogens is 204 g/mol. The SMILES string of the molecule is COc1ccc(OC(=O)O)c(O)c1OC. The highest BCUT2D eigenvalue weighted by Gasteiger charge is 2.16. The monoisotopic (exact) mass is 214 g/mol. The van der Waals surface area contributed by atoms with Crippen LogP contribution in [0.2, 0.25) is 0 Å². The highest BCUT2D eigenvalue weighted by atomic mass is 16.7. The number of carbonyl (C=O) groups is 1. The van der Waals surface area contributed by atoms with E-state index in [1.807, 2.05) is 0 Å². The minimum atomic E-state index is -1.52. The van der Waals surface area contributed by atoms with Crippen molar-refractivity contribution in [2.75, 3.05) is 14.2 Å². The summed E-state index contributed by atoms with van der Waals surface area (Å²) in [7, 11) is 2.72. The second kappa shape index (κ2) is 4.41. The van der Waals surface area contributed by atoms with Crippen LogP contribution in [-0.4, -0.2) is 30.6 Å². The molecule has 2 N–H and O–H groups in total. The lowest BCUT2D eigenvalue weighted by atomic mass is 10.2. The molecule has 6 nitrogen and oxygen atoms in total. The third-order valence-corrected chi connectivity index (χ3v) is 1.68. The largest absolute Gasteiger partial charge is 0.511 e. The maximum absolute atomic E-state index is 10.3. The molecule has 0 radical (unpaired) electrons. The zero-order chi connectivity index (χ0) is 11.4. The van der Waals surface area contributed by atoms with Crippen molar-refractivity contribution in [3.63, 3.8) is 0 Å². The van der Waals surface area contributed by atoms with Crippen molar-refractivity contribution in [1.29, 1.82) is 0 Å². The molecule has 0 aliphatic rings. The molecule has 1 aromatic rings. The number of rotatable bonds is 3. The summed E-state index contributed by atoms with van der Waals surface area (Å²) in [5.41, 5.74) is 0. The standard InChI is InChI=1S/C9H10O6/c1-13-6-4-3-5(15-9(11)12)7(10)8(6)14-2/h3-4,10H,1-2H3,(H,11,12). The van der Waals surface area contributed by atoms with Crippen molar-refractivity contribution in [2.45, 2.75) is 0 Å². The van der Waals surface area contributed by atoms with Crippen LogP contribution in [0.5, 0.6) is 23.0 Å². The van der Waals surface area contributed by atoms with Crippen molar-refractivity contribution in [3.8, 4) is 23.0 Å². The Bertz CT molecular complexity index is 373. The number of ether oxygens (including phenoxy) is 3. The van der Waals surface area contributed by atoms with Gasteiger partial charge in [0.1, 0.15) is 0 Å². The molecule has 0 bridgehead atoms. The van der Waals surface area contributed by atoms with Crippen LogP contribution in [-0.2, 0) is 0 Å². The van der Waals surface area contributed by atoms with Gasteiger partial charge in [-0.15, -0.1) is 0 Å². The summed E-state index contributed by atoms with van der Waals surface area (Å²) < 4.78 is 14.0. The molecule has 0 aliphatic carbocycles. The topological polar surface area (TPSA) is 85.2 Å². The summed E-state index contributed by atoms with van der Waals surface area (Å²) in [5, 5.41) is 17.9. The lowest BCUT2D eigenvalue weighted by Gasteiger charge is -2.11. The Morgan fingerprint density at radius 2 is 1.80 bits per heavy atom. The smallest absolute Gasteiger partial charge is 0.502 e. The minimum Gasteiger partial charge on any atom is -0.502 e. The van der Waals surface area contributed by atoms with Gasteiger partial charge in [-0.1, -0.05) is 0 Å². The summed E-state index contributed by atoms with van der Waals surface area (Å²) in [5.74, 6) is -0.316. The van der Waals surface area contributed by atoms with E-state index in [1.165, 1.54) is 26.4 Å².